The summed E-state index contributed by atoms with van der Waals surface area (Å²) >= 11 is 0. The van der Waals surface area contributed by atoms with Crippen molar-refractivity contribution < 1.29 is 19.4 Å². The number of aliphatic hydroxyl groups is 1. The number of carbonyl (C=O) groups is 1. The van der Waals surface area contributed by atoms with Gasteiger partial charge < -0.3 is 14.6 Å². The van der Waals surface area contributed by atoms with E-state index in [-0.39, 0.29) is 5.97 Å². The number of benzene rings is 1. The van der Waals surface area contributed by atoms with Crippen molar-refractivity contribution in [1.82, 2.24) is 0 Å². The molecule has 0 radical (unpaired) electrons. The van der Waals surface area contributed by atoms with E-state index >= 15 is 0 Å². The highest BCUT2D eigenvalue weighted by molar-refractivity contribution is 5.89. The van der Waals surface area contributed by atoms with Crippen molar-refractivity contribution in [2.45, 2.75) is 84.2 Å². The molecule has 0 fully saturated rings. The topological polar surface area (TPSA) is 55.8 Å². The Morgan fingerprint density at radius 1 is 0.846 bits per heavy atom. The molecule has 4 heteroatoms. The zero-order chi connectivity index (χ0) is 19.3. The Hall–Kier alpha value is -1.55. The molecule has 0 aliphatic heterocycles. The molecule has 0 atom stereocenters. The van der Waals surface area contributed by atoms with Gasteiger partial charge in [0.1, 0.15) is 11.4 Å². The molecular weight excluding hydrogens is 328 g/mol. The molecule has 0 aromatic heterocycles. The zero-order valence-corrected chi connectivity index (χ0v) is 16.8. The number of unbranched alkanes of at least 4 members (excludes halogenated alkanes) is 8. The van der Waals surface area contributed by atoms with E-state index in [4.69, 9.17) is 14.6 Å². The molecule has 0 aliphatic carbocycles. The van der Waals surface area contributed by atoms with Gasteiger partial charge in [0.25, 0.3) is 0 Å². The normalized spacial score (nSPS) is 11.4. The number of carbonyl (C=O) groups excluding carboxylic acids is 1. The minimum atomic E-state index is -0.480. The average Bonchev–Trinajstić information content (AvgIpc) is 2.58. The number of aliphatic hydroxyl groups excluding tert-OH is 1. The highest BCUT2D eigenvalue weighted by Crippen LogP contribution is 2.17. The monoisotopic (exact) mass is 364 g/mol. The Morgan fingerprint density at radius 3 is 1.85 bits per heavy atom. The first-order valence-electron chi connectivity index (χ1n) is 9.99. The van der Waals surface area contributed by atoms with Crippen LogP contribution < -0.4 is 4.74 Å². The van der Waals surface area contributed by atoms with Crippen LogP contribution >= 0.6 is 0 Å². The second kappa shape index (κ2) is 12.7. The Balaban J connectivity index is 2.08. The van der Waals surface area contributed by atoms with Crippen molar-refractivity contribution in [3.05, 3.63) is 29.8 Å². The maximum absolute atomic E-state index is 12.0. The van der Waals surface area contributed by atoms with E-state index in [1.807, 2.05) is 32.9 Å². The van der Waals surface area contributed by atoms with Crippen LogP contribution in [-0.2, 0) is 4.74 Å². The largest absolute Gasteiger partial charge is 0.494 e. The number of esters is 1. The van der Waals surface area contributed by atoms with Gasteiger partial charge in [-0.05, 0) is 57.9 Å². The molecule has 1 N–H and O–H groups in total. The van der Waals surface area contributed by atoms with E-state index in [1.165, 1.54) is 38.5 Å². The van der Waals surface area contributed by atoms with Crippen molar-refractivity contribution in [2.24, 2.45) is 0 Å². The Morgan fingerprint density at radius 2 is 1.35 bits per heavy atom. The summed E-state index contributed by atoms with van der Waals surface area (Å²) in [7, 11) is 0. The van der Waals surface area contributed by atoms with Crippen molar-refractivity contribution in [2.75, 3.05) is 13.2 Å². The maximum atomic E-state index is 12.0. The zero-order valence-electron chi connectivity index (χ0n) is 16.8. The molecule has 0 bridgehead atoms. The first kappa shape index (κ1) is 22.5. The van der Waals surface area contributed by atoms with E-state index in [9.17, 15) is 4.79 Å². The fourth-order valence-electron chi connectivity index (χ4n) is 2.67. The Labute approximate surface area is 158 Å². The van der Waals surface area contributed by atoms with Gasteiger partial charge in [0.05, 0.1) is 12.2 Å². The molecular formula is C22H36O4. The van der Waals surface area contributed by atoms with Crippen LogP contribution in [0.25, 0.3) is 0 Å². The highest BCUT2D eigenvalue weighted by Gasteiger charge is 2.17. The van der Waals surface area contributed by atoms with Crippen LogP contribution in [0.3, 0.4) is 0 Å². The second-order valence-electron chi connectivity index (χ2n) is 7.78. The molecule has 1 aromatic rings. The summed E-state index contributed by atoms with van der Waals surface area (Å²) in [6.45, 7) is 6.62. The molecule has 0 heterocycles. The van der Waals surface area contributed by atoms with Crippen LogP contribution in [0, 0.1) is 0 Å². The van der Waals surface area contributed by atoms with Crippen LogP contribution in [0.4, 0.5) is 0 Å². The molecule has 0 unspecified atom stereocenters. The Kier molecular flexibility index (Phi) is 11.0. The molecule has 4 nitrogen and oxygen atoms in total. The summed E-state index contributed by atoms with van der Waals surface area (Å²) < 4.78 is 11.1. The molecule has 26 heavy (non-hydrogen) atoms. The van der Waals surface area contributed by atoms with Crippen molar-refractivity contribution in [3.63, 3.8) is 0 Å². The van der Waals surface area contributed by atoms with Crippen molar-refractivity contribution in [3.8, 4) is 5.75 Å². The number of rotatable bonds is 13. The first-order valence-corrected chi connectivity index (χ1v) is 9.99. The van der Waals surface area contributed by atoms with Gasteiger partial charge in [0.2, 0.25) is 0 Å². The predicted octanol–water partition coefficient (Wildman–Crippen LogP) is 5.52. The van der Waals surface area contributed by atoms with Crippen molar-refractivity contribution in [1.29, 1.82) is 0 Å². The van der Waals surface area contributed by atoms with Gasteiger partial charge in [-0.2, -0.15) is 0 Å². The third kappa shape index (κ3) is 11.1. The third-order valence-electron chi connectivity index (χ3n) is 4.06. The first-order chi connectivity index (χ1) is 12.4. The van der Waals surface area contributed by atoms with Gasteiger partial charge >= 0.3 is 5.97 Å². The SMILES string of the molecule is CC(C)(C)OC(=O)c1ccc(OCCCCCCCCCCCO)cc1. The summed E-state index contributed by atoms with van der Waals surface area (Å²) in [6.07, 6.45) is 10.7. The standard InChI is InChI=1S/C22H36O4/c1-22(2,3)26-21(24)19-13-15-20(16-14-19)25-18-12-10-8-6-4-5-7-9-11-17-23/h13-16,23H,4-12,17-18H2,1-3H3. The Bertz CT molecular complexity index is 488. The lowest BCUT2D eigenvalue weighted by molar-refractivity contribution is 0.00695. The van der Waals surface area contributed by atoms with Gasteiger partial charge in [-0.15, -0.1) is 0 Å². The van der Waals surface area contributed by atoms with Gasteiger partial charge in [0, 0.05) is 6.61 Å². The van der Waals surface area contributed by atoms with Crippen LogP contribution in [-0.4, -0.2) is 29.9 Å². The quantitative estimate of drug-likeness (QED) is 0.370. The summed E-state index contributed by atoms with van der Waals surface area (Å²) in [5.74, 6) is 0.488. The fraction of sp³-hybridized carbons (Fsp3) is 0.682. The van der Waals surface area contributed by atoms with Crippen molar-refractivity contribution >= 4 is 5.97 Å². The van der Waals surface area contributed by atoms with Gasteiger partial charge in [-0.3, -0.25) is 0 Å². The van der Waals surface area contributed by atoms with Crippen LogP contribution in [0.5, 0.6) is 5.75 Å². The minimum absolute atomic E-state index is 0.305. The summed E-state index contributed by atoms with van der Waals surface area (Å²) in [5.41, 5.74) is 0.0670. The third-order valence-corrected chi connectivity index (χ3v) is 4.06. The second-order valence-corrected chi connectivity index (χ2v) is 7.78. The lowest BCUT2D eigenvalue weighted by Crippen LogP contribution is -2.23. The van der Waals surface area contributed by atoms with E-state index in [0.29, 0.717) is 18.8 Å². The summed E-state index contributed by atoms with van der Waals surface area (Å²) in [4.78, 5) is 12.0. The molecule has 0 amide bonds. The smallest absolute Gasteiger partial charge is 0.338 e. The molecule has 1 aromatic carbocycles. The van der Waals surface area contributed by atoms with E-state index in [0.717, 1.165) is 25.0 Å². The molecule has 0 saturated heterocycles. The predicted molar refractivity (Wildman–Crippen MR) is 106 cm³/mol. The highest BCUT2D eigenvalue weighted by atomic mass is 16.6. The summed E-state index contributed by atoms with van der Waals surface area (Å²) in [6, 6.07) is 7.15. The fourth-order valence-corrected chi connectivity index (χ4v) is 2.67. The maximum Gasteiger partial charge on any atom is 0.338 e. The molecule has 0 saturated carbocycles. The minimum Gasteiger partial charge on any atom is -0.494 e. The number of hydrogen-bond donors (Lipinski definition) is 1. The molecule has 1 rings (SSSR count). The number of ether oxygens (including phenoxy) is 2. The van der Waals surface area contributed by atoms with Gasteiger partial charge in [-0.1, -0.05) is 44.9 Å². The van der Waals surface area contributed by atoms with Crippen LogP contribution in [0.1, 0.15) is 88.9 Å². The van der Waals surface area contributed by atoms with Gasteiger partial charge in [-0.25, -0.2) is 4.79 Å². The lowest BCUT2D eigenvalue weighted by Gasteiger charge is -2.19. The van der Waals surface area contributed by atoms with E-state index in [1.54, 1.807) is 12.1 Å². The summed E-state index contributed by atoms with van der Waals surface area (Å²) in [5, 5.41) is 8.72. The lowest BCUT2D eigenvalue weighted by atomic mass is 10.1. The number of hydrogen-bond acceptors (Lipinski definition) is 4. The average molecular weight is 365 g/mol. The van der Waals surface area contributed by atoms with Gasteiger partial charge in [0.15, 0.2) is 0 Å². The van der Waals surface area contributed by atoms with E-state index < -0.39 is 5.60 Å². The van der Waals surface area contributed by atoms with E-state index in [2.05, 4.69) is 0 Å². The molecule has 148 valence electrons. The molecule has 0 spiro atoms. The molecule has 0 aliphatic rings. The van der Waals surface area contributed by atoms with Crippen LogP contribution in [0.2, 0.25) is 0 Å². The van der Waals surface area contributed by atoms with Crippen LogP contribution in [0.15, 0.2) is 24.3 Å².